The number of nitrogens with two attached hydrogens (primary N) is 1. The molecule has 0 fully saturated rings. The van der Waals surface area contributed by atoms with Crippen molar-refractivity contribution in [2.75, 3.05) is 11.9 Å². The Kier molecular flexibility index (Phi) is 4.15. The highest BCUT2D eigenvalue weighted by molar-refractivity contribution is 5.71. The average Bonchev–Trinajstić information content (AvgIpc) is 2.45. The predicted molar refractivity (Wildman–Crippen MR) is 87.8 cm³/mol. The molecule has 0 spiro atoms. The van der Waals surface area contributed by atoms with Gasteiger partial charge in [0.05, 0.1) is 0 Å². The van der Waals surface area contributed by atoms with Crippen LogP contribution < -0.4 is 10.6 Å². The maximum atomic E-state index is 5.66. The minimum absolute atomic E-state index is 0.589. The number of nitrogens with zero attached hydrogens (tertiary/aromatic N) is 1. The van der Waals surface area contributed by atoms with E-state index in [0.29, 0.717) is 6.54 Å². The first-order valence-corrected chi connectivity index (χ1v) is 7.05. The number of aryl methyl sites for hydroxylation is 2. The van der Waals surface area contributed by atoms with Crippen molar-refractivity contribution < 1.29 is 0 Å². The SMILES string of the molecule is Cc1cc(C)c(C)c(N(C)c2ccc(CN)cc2)c1C. The normalized spacial score (nSPS) is 10.7. The molecule has 2 heteroatoms. The van der Waals surface area contributed by atoms with Crippen LogP contribution >= 0.6 is 0 Å². The number of hydrogen-bond acceptors (Lipinski definition) is 2. The van der Waals surface area contributed by atoms with Crippen LogP contribution in [0.5, 0.6) is 0 Å². The Hall–Kier alpha value is -1.80. The van der Waals surface area contributed by atoms with Crippen molar-refractivity contribution >= 4 is 11.4 Å². The fourth-order valence-electron chi connectivity index (χ4n) is 2.68. The van der Waals surface area contributed by atoms with Crippen molar-refractivity contribution in [2.24, 2.45) is 5.73 Å². The first-order chi connectivity index (χ1) is 9.45. The molecule has 0 aliphatic rings. The van der Waals surface area contributed by atoms with Gasteiger partial charge in [-0.25, -0.2) is 0 Å². The Morgan fingerprint density at radius 2 is 1.40 bits per heavy atom. The Bertz CT molecular complexity index is 586. The van der Waals surface area contributed by atoms with Crippen LogP contribution in [0.4, 0.5) is 11.4 Å². The number of anilines is 2. The van der Waals surface area contributed by atoms with Gasteiger partial charge in [-0.2, -0.15) is 0 Å². The van der Waals surface area contributed by atoms with Crippen LogP contribution in [0, 0.1) is 27.7 Å². The van der Waals surface area contributed by atoms with Gasteiger partial charge in [0.25, 0.3) is 0 Å². The molecule has 0 radical (unpaired) electrons. The fourth-order valence-corrected chi connectivity index (χ4v) is 2.68. The summed E-state index contributed by atoms with van der Waals surface area (Å²) in [6, 6.07) is 10.7. The van der Waals surface area contributed by atoms with Crippen LogP contribution in [0.1, 0.15) is 27.8 Å². The lowest BCUT2D eigenvalue weighted by molar-refractivity contribution is 1.06. The number of benzene rings is 2. The summed E-state index contributed by atoms with van der Waals surface area (Å²) in [4.78, 5) is 2.27. The minimum Gasteiger partial charge on any atom is -0.344 e. The Morgan fingerprint density at radius 3 is 1.85 bits per heavy atom. The third-order valence-corrected chi connectivity index (χ3v) is 4.22. The van der Waals surface area contributed by atoms with Gasteiger partial charge in [0, 0.05) is 25.0 Å². The van der Waals surface area contributed by atoms with Crippen LogP contribution in [0.15, 0.2) is 30.3 Å². The zero-order valence-electron chi connectivity index (χ0n) is 13.1. The molecule has 0 saturated carbocycles. The molecule has 0 bridgehead atoms. The summed E-state index contributed by atoms with van der Waals surface area (Å²) in [5, 5.41) is 0. The van der Waals surface area contributed by atoms with E-state index in [1.54, 1.807) is 0 Å². The summed E-state index contributed by atoms with van der Waals surface area (Å²) in [6.45, 7) is 9.34. The lowest BCUT2D eigenvalue weighted by Crippen LogP contribution is -2.14. The Labute approximate surface area is 122 Å². The molecule has 2 nitrogen and oxygen atoms in total. The maximum absolute atomic E-state index is 5.66. The molecule has 0 unspecified atom stereocenters. The van der Waals surface area contributed by atoms with Crippen LogP contribution in [0.2, 0.25) is 0 Å². The minimum atomic E-state index is 0.589. The monoisotopic (exact) mass is 268 g/mol. The summed E-state index contributed by atoms with van der Waals surface area (Å²) >= 11 is 0. The van der Waals surface area contributed by atoms with Gasteiger partial charge in [-0.3, -0.25) is 0 Å². The van der Waals surface area contributed by atoms with Gasteiger partial charge >= 0.3 is 0 Å². The van der Waals surface area contributed by atoms with Gasteiger partial charge in [-0.1, -0.05) is 18.2 Å². The van der Waals surface area contributed by atoms with Crippen molar-refractivity contribution in [1.29, 1.82) is 0 Å². The summed E-state index contributed by atoms with van der Waals surface area (Å²) in [7, 11) is 2.13. The second-order valence-electron chi connectivity index (χ2n) is 5.54. The molecule has 0 aromatic heterocycles. The number of rotatable bonds is 3. The first kappa shape index (κ1) is 14.6. The third kappa shape index (κ3) is 2.56. The molecule has 0 heterocycles. The summed E-state index contributed by atoms with van der Waals surface area (Å²) < 4.78 is 0. The van der Waals surface area contributed by atoms with Gasteiger partial charge in [0.1, 0.15) is 0 Å². The Balaban J connectivity index is 2.49. The van der Waals surface area contributed by atoms with E-state index in [9.17, 15) is 0 Å². The zero-order valence-corrected chi connectivity index (χ0v) is 13.1. The number of hydrogen-bond donors (Lipinski definition) is 1. The largest absolute Gasteiger partial charge is 0.344 e. The van der Waals surface area contributed by atoms with Crippen molar-refractivity contribution in [3.63, 3.8) is 0 Å². The molecule has 0 aliphatic carbocycles. The molecule has 0 aliphatic heterocycles. The van der Waals surface area contributed by atoms with Gasteiger partial charge in [0.2, 0.25) is 0 Å². The molecule has 0 atom stereocenters. The van der Waals surface area contributed by atoms with E-state index in [1.807, 2.05) is 0 Å². The van der Waals surface area contributed by atoms with Crippen LogP contribution in [-0.4, -0.2) is 7.05 Å². The molecular weight excluding hydrogens is 244 g/mol. The quantitative estimate of drug-likeness (QED) is 0.906. The van der Waals surface area contributed by atoms with E-state index in [-0.39, 0.29) is 0 Å². The van der Waals surface area contributed by atoms with Gasteiger partial charge < -0.3 is 10.6 Å². The predicted octanol–water partition coefficient (Wildman–Crippen LogP) is 4.15. The second kappa shape index (κ2) is 5.68. The van der Waals surface area contributed by atoms with E-state index in [0.717, 1.165) is 5.56 Å². The fraction of sp³-hybridized carbons (Fsp3) is 0.333. The molecule has 106 valence electrons. The lowest BCUT2D eigenvalue weighted by Gasteiger charge is -2.26. The molecule has 2 rings (SSSR count). The third-order valence-electron chi connectivity index (χ3n) is 4.22. The molecular formula is C18H24N2. The highest BCUT2D eigenvalue weighted by Gasteiger charge is 2.13. The molecule has 20 heavy (non-hydrogen) atoms. The van der Waals surface area contributed by atoms with Gasteiger partial charge in [0.15, 0.2) is 0 Å². The van der Waals surface area contributed by atoms with Crippen LogP contribution in [-0.2, 0) is 6.54 Å². The molecule has 2 aromatic rings. The molecule has 2 N–H and O–H groups in total. The van der Waals surface area contributed by atoms with E-state index in [2.05, 4.69) is 70.0 Å². The van der Waals surface area contributed by atoms with Crippen molar-refractivity contribution in [1.82, 2.24) is 0 Å². The van der Waals surface area contributed by atoms with Crippen molar-refractivity contribution in [3.8, 4) is 0 Å². The van der Waals surface area contributed by atoms with Crippen molar-refractivity contribution in [3.05, 3.63) is 58.1 Å². The summed E-state index contributed by atoms with van der Waals surface area (Å²) in [5.41, 5.74) is 14.7. The highest BCUT2D eigenvalue weighted by atomic mass is 15.1. The topological polar surface area (TPSA) is 29.3 Å². The first-order valence-electron chi connectivity index (χ1n) is 7.05. The smallest absolute Gasteiger partial charge is 0.0472 e. The molecule has 0 amide bonds. The van der Waals surface area contributed by atoms with E-state index >= 15 is 0 Å². The van der Waals surface area contributed by atoms with Crippen LogP contribution in [0.3, 0.4) is 0 Å². The Morgan fingerprint density at radius 1 is 0.900 bits per heavy atom. The lowest BCUT2D eigenvalue weighted by atomic mass is 9.97. The highest BCUT2D eigenvalue weighted by Crippen LogP contribution is 2.33. The van der Waals surface area contributed by atoms with E-state index in [1.165, 1.54) is 33.6 Å². The van der Waals surface area contributed by atoms with E-state index < -0.39 is 0 Å². The van der Waals surface area contributed by atoms with E-state index in [4.69, 9.17) is 5.73 Å². The molecule has 2 aromatic carbocycles. The van der Waals surface area contributed by atoms with Gasteiger partial charge in [-0.05, 0) is 67.6 Å². The van der Waals surface area contributed by atoms with Crippen molar-refractivity contribution in [2.45, 2.75) is 34.2 Å². The average molecular weight is 268 g/mol. The summed E-state index contributed by atoms with van der Waals surface area (Å²) in [6.07, 6.45) is 0. The van der Waals surface area contributed by atoms with Gasteiger partial charge in [-0.15, -0.1) is 0 Å². The zero-order chi connectivity index (χ0) is 14.9. The summed E-state index contributed by atoms with van der Waals surface area (Å²) in [5.74, 6) is 0. The maximum Gasteiger partial charge on any atom is 0.0472 e. The standard InChI is InChI=1S/C18H24N2/c1-12-10-13(2)15(4)18(14(12)3)20(5)17-8-6-16(11-19)7-9-17/h6-10H,11,19H2,1-5H3. The second-order valence-corrected chi connectivity index (χ2v) is 5.54. The molecule has 0 saturated heterocycles. The van der Waals surface area contributed by atoms with Crippen LogP contribution in [0.25, 0.3) is 0 Å².